The van der Waals surface area contributed by atoms with Gasteiger partial charge in [0.25, 0.3) is 0 Å². The first-order valence-corrected chi connectivity index (χ1v) is 7.44. The van der Waals surface area contributed by atoms with Gasteiger partial charge in [-0.2, -0.15) is 0 Å². The first-order valence-electron chi connectivity index (χ1n) is 6.65. The number of aliphatic hydroxyl groups excluding tert-OH is 1. The van der Waals surface area contributed by atoms with Gasteiger partial charge in [0.1, 0.15) is 0 Å². The van der Waals surface area contributed by atoms with Gasteiger partial charge in [-0.15, -0.1) is 0 Å². The summed E-state index contributed by atoms with van der Waals surface area (Å²) in [5.41, 5.74) is 2.27. The van der Waals surface area contributed by atoms with Gasteiger partial charge < -0.3 is 10.4 Å². The Kier molecular flexibility index (Phi) is 3.82. The molecule has 0 unspecified atom stereocenters. The Hall–Kier alpha value is -0.970. The summed E-state index contributed by atoms with van der Waals surface area (Å²) in [4.78, 5) is 4.48. The average molecular weight is 321 g/mol. The quantitative estimate of drug-likeness (QED) is 0.910. The normalized spacial score (nSPS) is 22.4. The van der Waals surface area contributed by atoms with Gasteiger partial charge in [0.15, 0.2) is 0 Å². The van der Waals surface area contributed by atoms with E-state index >= 15 is 0 Å². The molecule has 3 nitrogen and oxygen atoms in total. The molecule has 0 amide bonds. The molecule has 2 aromatic rings. The fourth-order valence-electron chi connectivity index (χ4n) is 2.62. The number of fused-ring (bicyclic) bond motifs is 1. The van der Waals surface area contributed by atoms with E-state index in [9.17, 15) is 5.11 Å². The Morgan fingerprint density at radius 3 is 2.95 bits per heavy atom. The lowest BCUT2D eigenvalue weighted by Gasteiger charge is -2.31. The molecule has 4 heteroatoms. The van der Waals surface area contributed by atoms with E-state index in [0.717, 1.165) is 41.3 Å². The van der Waals surface area contributed by atoms with Crippen LogP contribution in [0.5, 0.6) is 0 Å². The molecule has 19 heavy (non-hydrogen) atoms. The van der Waals surface area contributed by atoms with Crippen molar-refractivity contribution in [3.8, 4) is 0 Å². The number of halogens is 1. The highest BCUT2D eigenvalue weighted by molar-refractivity contribution is 9.10. The smallest absolute Gasteiger partial charge is 0.0758 e. The molecule has 3 rings (SSSR count). The molecule has 1 aromatic heterocycles. The molecule has 0 aliphatic heterocycles. The zero-order valence-corrected chi connectivity index (χ0v) is 12.2. The van der Waals surface area contributed by atoms with Crippen LogP contribution >= 0.6 is 15.9 Å². The molecular weight excluding hydrogens is 304 g/mol. The van der Waals surface area contributed by atoms with Crippen LogP contribution in [0.15, 0.2) is 34.9 Å². The zero-order valence-electron chi connectivity index (χ0n) is 10.6. The summed E-state index contributed by atoms with van der Waals surface area (Å²) in [7, 11) is 0. The van der Waals surface area contributed by atoms with Crippen molar-refractivity contribution in [1.29, 1.82) is 0 Å². The van der Waals surface area contributed by atoms with Crippen LogP contribution in [0.25, 0.3) is 10.9 Å². The summed E-state index contributed by atoms with van der Waals surface area (Å²) in [6.45, 7) is 1.80. The number of aromatic nitrogens is 1. The zero-order chi connectivity index (χ0) is 13.2. The molecule has 0 spiro atoms. The summed E-state index contributed by atoms with van der Waals surface area (Å²) in [6.07, 6.45) is 3.64. The van der Waals surface area contributed by atoms with Crippen LogP contribution in [0.4, 0.5) is 0 Å². The van der Waals surface area contributed by atoms with Crippen LogP contribution in [0.1, 0.15) is 18.4 Å². The maximum absolute atomic E-state index is 9.26. The molecule has 1 aliphatic rings. The lowest BCUT2D eigenvalue weighted by molar-refractivity contribution is 0.0430. The fraction of sp³-hybridized carbons (Fsp3) is 0.400. The maximum Gasteiger partial charge on any atom is 0.0758 e. The van der Waals surface area contributed by atoms with E-state index in [1.165, 1.54) is 5.56 Å². The lowest BCUT2D eigenvalue weighted by atomic mass is 9.82. The number of pyridine rings is 1. The van der Waals surface area contributed by atoms with Crippen molar-refractivity contribution < 1.29 is 5.11 Å². The van der Waals surface area contributed by atoms with Crippen LogP contribution in [0.2, 0.25) is 0 Å². The van der Waals surface area contributed by atoms with E-state index in [1.807, 2.05) is 12.3 Å². The van der Waals surface area contributed by atoms with E-state index in [2.05, 4.69) is 44.4 Å². The number of hydrogen-bond acceptors (Lipinski definition) is 3. The van der Waals surface area contributed by atoms with E-state index in [0.29, 0.717) is 5.92 Å². The highest BCUT2D eigenvalue weighted by atomic mass is 79.9. The van der Waals surface area contributed by atoms with E-state index in [1.54, 1.807) is 0 Å². The van der Waals surface area contributed by atoms with Crippen molar-refractivity contribution in [2.24, 2.45) is 5.92 Å². The van der Waals surface area contributed by atoms with Crippen LogP contribution < -0.4 is 5.32 Å². The van der Waals surface area contributed by atoms with Crippen LogP contribution in [0.3, 0.4) is 0 Å². The van der Waals surface area contributed by atoms with Crippen LogP contribution in [-0.2, 0) is 6.54 Å². The third-order valence-electron chi connectivity index (χ3n) is 3.76. The number of aliphatic hydroxyl groups is 1. The lowest BCUT2D eigenvalue weighted by Crippen LogP contribution is -2.35. The summed E-state index contributed by atoms with van der Waals surface area (Å²) in [5, 5.41) is 13.9. The number of rotatable bonds is 4. The SMILES string of the molecule is OC1CC(CNCc2ccc(Br)c3cccnc23)C1. The second-order valence-corrected chi connectivity index (χ2v) is 6.08. The third kappa shape index (κ3) is 2.81. The highest BCUT2D eigenvalue weighted by Gasteiger charge is 2.26. The minimum absolute atomic E-state index is 0.0676. The van der Waals surface area contributed by atoms with Crippen LogP contribution in [0, 0.1) is 5.92 Å². The molecule has 1 fully saturated rings. The standard InChI is InChI=1S/C15H17BrN2O/c16-14-4-3-11(15-13(14)2-1-5-18-15)9-17-8-10-6-12(19)7-10/h1-5,10,12,17,19H,6-9H2. The van der Waals surface area contributed by atoms with Crippen molar-refractivity contribution in [2.75, 3.05) is 6.54 Å². The molecular formula is C15H17BrN2O. The molecule has 0 radical (unpaired) electrons. The monoisotopic (exact) mass is 320 g/mol. The second-order valence-electron chi connectivity index (χ2n) is 5.23. The summed E-state index contributed by atoms with van der Waals surface area (Å²) < 4.78 is 1.08. The first-order chi connectivity index (χ1) is 9.24. The van der Waals surface area contributed by atoms with E-state index in [-0.39, 0.29) is 6.10 Å². The molecule has 2 N–H and O–H groups in total. The summed E-state index contributed by atoms with van der Waals surface area (Å²) in [6, 6.07) is 8.23. The van der Waals surface area contributed by atoms with Gasteiger partial charge in [0.2, 0.25) is 0 Å². The molecule has 0 atom stereocenters. The molecule has 1 saturated carbocycles. The number of nitrogens with one attached hydrogen (secondary N) is 1. The van der Waals surface area contributed by atoms with Crippen LogP contribution in [-0.4, -0.2) is 22.7 Å². The van der Waals surface area contributed by atoms with E-state index < -0.39 is 0 Å². The maximum atomic E-state index is 9.26. The van der Waals surface area contributed by atoms with Crippen molar-refractivity contribution in [1.82, 2.24) is 10.3 Å². The number of hydrogen-bond donors (Lipinski definition) is 2. The largest absolute Gasteiger partial charge is 0.393 e. The molecule has 1 aliphatic carbocycles. The Balaban J connectivity index is 1.69. The van der Waals surface area contributed by atoms with Gasteiger partial charge in [0, 0.05) is 22.6 Å². The first kappa shape index (κ1) is 13.0. The van der Waals surface area contributed by atoms with Gasteiger partial charge in [-0.3, -0.25) is 4.98 Å². The second kappa shape index (κ2) is 5.57. The summed E-state index contributed by atoms with van der Waals surface area (Å²) >= 11 is 3.56. The minimum Gasteiger partial charge on any atom is -0.393 e. The Labute approximate surface area is 121 Å². The third-order valence-corrected chi connectivity index (χ3v) is 4.45. The molecule has 0 bridgehead atoms. The van der Waals surface area contributed by atoms with Crippen molar-refractivity contribution in [3.63, 3.8) is 0 Å². The molecule has 1 aromatic carbocycles. The van der Waals surface area contributed by atoms with Gasteiger partial charge in [-0.1, -0.05) is 28.1 Å². The van der Waals surface area contributed by atoms with Gasteiger partial charge >= 0.3 is 0 Å². The number of benzene rings is 1. The topological polar surface area (TPSA) is 45.1 Å². The van der Waals surface area contributed by atoms with Crippen molar-refractivity contribution >= 4 is 26.8 Å². The molecule has 1 heterocycles. The minimum atomic E-state index is -0.0676. The number of nitrogens with zero attached hydrogens (tertiary/aromatic N) is 1. The average Bonchev–Trinajstić information content (AvgIpc) is 2.39. The Morgan fingerprint density at radius 1 is 1.32 bits per heavy atom. The Bertz CT molecular complexity index is 581. The van der Waals surface area contributed by atoms with Gasteiger partial charge in [-0.25, -0.2) is 0 Å². The van der Waals surface area contributed by atoms with E-state index in [4.69, 9.17) is 0 Å². The van der Waals surface area contributed by atoms with Gasteiger partial charge in [0.05, 0.1) is 11.6 Å². The fourth-order valence-corrected chi connectivity index (χ4v) is 3.07. The van der Waals surface area contributed by atoms with Crippen molar-refractivity contribution in [2.45, 2.75) is 25.5 Å². The highest BCUT2D eigenvalue weighted by Crippen LogP contribution is 2.27. The molecule has 100 valence electrons. The Morgan fingerprint density at radius 2 is 2.16 bits per heavy atom. The predicted molar refractivity (Wildman–Crippen MR) is 79.9 cm³/mol. The molecule has 0 saturated heterocycles. The van der Waals surface area contributed by atoms with Crippen molar-refractivity contribution in [3.05, 3.63) is 40.5 Å². The van der Waals surface area contributed by atoms with Gasteiger partial charge in [-0.05, 0) is 43.0 Å². The predicted octanol–water partition coefficient (Wildman–Crippen LogP) is 2.86. The summed E-state index contributed by atoms with van der Waals surface area (Å²) in [5.74, 6) is 0.629.